The number of nitrogens with zero attached hydrogens (tertiary/aromatic N) is 1. The van der Waals surface area contributed by atoms with Crippen LogP contribution in [0.25, 0.3) is 11.3 Å². The predicted molar refractivity (Wildman–Crippen MR) is 104 cm³/mol. The smallest absolute Gasteiger partial charge is 0.260 e. The Kier molecular flexibility index (Phi) is 6.03. The van der Waals surface area contributed by atoms with Crippen LogP contribution in [0.5, 0.6) is 11.5 Å². The number of nitrogens with one attached hydrogen (secondary N) is 1. The maximum atomic E-state index is 14.0. The second kappa shape index (κ2) is 8.64. The van der Waals surface area contributed by atoms with Crippen LogP contribution in [0.1, 0.15) is 23.7 Å². The molecule has 0 unspecified atom stereocenters. The third-order valence-corrected chi connectivity index (χ3v) is 4.53. The summed E-state index contributed by atoms with van der Waals surface area (Å²) < 4.78 is 24.5. The van der Waals surface area contributed by atoms with Crippen molar-refractivity contribution < 1.29 is 18.7 Å². The van der Waals surface area contributed by atoms with E-state index in [-0.39, 0.29) is 5.56 Å². The van der Waals surface area contributed by atoms with Crippen molar-refractivity contribution in [3.8, 4) is 22.8 Å². The molecular weight excluding hydrogens is 367 g/mol. The summed E-state index contributed by atoms with van der Waals surface area (Å²) in [5.41, 5.74) is 1.57. The number of benzene rings is 2. The van der Waals surface area contributed by atoms with E-state index in [0.29, 0.717) is 17.5 Å². The summed E-state index contributed by atoms with van der Waals surface area (Å²) in [5.74, 6) is -0.0445. The van der Waals surface area contributed by atoms with Crippen LogP contribution in [0.2, 0.25) is 0 Å². The molecule has 7 heteroatoms. The molecular formula is C20H19FN2O3S. The van der Waals surface area contributed by atoms with Crippen LogP contribution in [0, 0.1) is 5.82 Å². The average molecular weight is 386 g/mol. The van der Waals surface area contributed by atoms with Gasteiger partial charge in [0.15, 0.2) is 5.13 Å². The van der Waals surface area contributed by atoms with Gasteiger partial charge in [-0.25, -0.2) is 9.37 Å². The number of amides is 1. The molecule has 3 rings (SSSR count). The lowest BCUT2D eigenvalue weighted by Gasteiger charge is -2.05. The van der Waals surface area contributed by atoms with E-state index < -0.39 is 11.7 Å². The fourth-order valence-corrected chi connectivity index (χ4v) is 3.09. The minimum absolute atomic E-state index is 0.0648. The van der Waals surface area contributed by atoms with Gasteiger partial charge in [0, 0.05) is 17.0 Å². The quantitative estimate of drug-likeness (QED) is 0.621. The number of hydrogen-bond donors (Lipinski definition) is 1. The van der Waals surface area contributed by atoms with Crippen LogP contribution < -0.4 is 14.8 Å². The zero-order valence-electron chi connectivity index (χ0n) is 15.0. The van der Waals surface area contributed by atoms with Crippen LogP contribution in [0.4, 0.5) is 9.52 Å². The molecule has 1 heterocycles. The van der Waals surface area contributed by atoms with Gasteiger partial charge in [-0.3, -0.25) is 10.1 Å². The highest BCUT2D eigenvalue weighted by Crippen LogP contribution is 2.27. The molecule has 0 bridgehead atoms. The standard InChI is InChI=1S/C20H19FN2O3S/c1-3-10-26-14-6-4-13(5-7-14)18-12-27-20(22-18)23-19(24)16-9-8-15(25-2)11-17(16)21/h4-9,11-12H,3,10H2,1-2H3,(H,22,23,24). The van der Waals surface area contributed by atoms with E-state index in [2.05, 4.69) is 17.2 Å². The Balaban J connectivity index is 1.69. The number of carbonyl (C=O) groups is 1. The highest BCUT2D eigenvalue weighted by Gasteiger charge is 2.15. The SMILES string of the molecule is CCCOc1ccc(-c2csc(NC(=O)c3ccc(OC)cc3F)n2)cc1. The molecule has 3 aromatic rings. The maximum Gasteiger partial charge on any atom is 0.260 e. The average Bonchev–Trinajstić information content (AvgIpc) is 3.14. The number of hydrogen-bond acceptors (Lipinski definition) is 5. The van der Waals surface area contributed by atoms with Crippen molar-refractivity contribution in [3.05, 3.63) is 59.2 Å². The molecule has 0 atom stereocenters. The van der Waals surface area contributed by atoms with Crippen molar-refractivity contribution in [1.29, 1.82) is 0 Å². The first-order valence-corrected chi connectivity index (χ1v) is 9.32. The van der Waals surface area contributed by atoms with Crippen molar-refractivity contribution in [2.75, 3.05) is 19.0 Å². The van der Waals surface area contributed by atoms with Crippen molar-refractivity contribution in [2.45, 2.75) is 13.3 Å². The molecule has 27 heavy (non-hydrogen) atoms. The summed E-state index contributed by atoms with van der Waals surface area (Å²) in [4.78, 5) is 16.7. The Hall–Kier alpha value is -2.93. The van der Waals surface area contributed by atoms with Gasteiger partial charge in [-0.1, -0.05) is 6.92 Å². The number of methoxy groups -OCH3 is 1. The lowest BCUT2D eigenvalue weighted by molar-refractivity contribution is 0.102. The fourth-order valence-electron chi connectivity index (χ4n) is 2.38. The number of rotatable bonds is 7. The third-order valence-electron chi connectivity index (χ3n) is 3.77. The molecule has 0 aliphatic carbocycles. The van der Waals surface area contributed by atoms with Gasteiger partial charge in [0.2, 0.25) is 0 Å². The van der Waals surface area contributed by atoms with E-state index in [4.69, 9.17) is 9.47 Å². The predicted octanol–water partition coefficient (Wildman–Crippen LogP) is 5.00. The van der Waals surface area contributed by atoms with Crippen LogP contribution in [0.3, 0.4) is 0 Å². The highest BCUT2D eigenvalue weighted by molar-refractivity contribution is 7.14. The van der Waals surface area contributed by atoms with Crippen molar-refractivity contribution >= 4 is 22.4 Å². The zero-order valence-corrected chi connectivity index (χ0v) is 15.8. The molecule has 0 aliphatic rings. The molecule has 1 aromatic heterocycles. The molecule has 140 valence electrons. The van der Waals surface area contributed by atoms with Crippen molar-refractivity contribution in [3.63, 3.8) is 0 Å². The van der Waals surface area contributed by atoms with Gasteiger partial charge in [0.25, 0.3) is 5.91 Å². The maximum absolute atomic E-state index is 14.0. The highest BCUT2D eigenvalue weighted by atomic mass is 32.1. The van der Waals surface area contributed by atoms with E-state index in [1.165, 1.54) is 36.6 Å². The summed E-state index contributed by atoms with van der Waals surface area (Å²) >= 11 is 1.28. The van der Waals surface area contributed by atoms with Crippen LogP contribution in [-0.2, 0) is 0 Å². The van der Waals surface area contributed by atoms with E-state index in [1.54, 1.807) is 0 Å². The summed E-state index contributed by atoms with van der Waals surface area (Å²) in [6, 6.07) is 11.7. The molecule has 0 spiro atoms. The fraction of sp³-hybridized carbons (Fsp3) is 0.200. The Morgan fingerprint density at radius 1 is 1.19 bits per heavy atom. The van der Waals surface area contributed by atoms with Gasteiger partial charge >= 0.3 is 0 Å². The molecule has 0 fully saturated rings. The molecule has 0 aliphatic heterocycles. The van der Waals surface area contributed by atoms with E-state index in [1.807, 2.05) is 29.6 Å². The Labute approximate surface area is 160 Å². The summed E-state index contributed by atoms with van der Waals surface area (Å²) in [6.07, 6.45) is 0.950. The zero-order chi connectivity index (χ0) is 19.2. The second-order valence-corrected chi connectivity index (χ2v) is 6.57. The Morgan fingerprint density at radius 3 is 2.59 bits per heavy atom. The van der Waals surface area contributed by atoms with E-state index in [0.717, 1.165) is 23.4 Å². The lowest BCUT2D eigenvalue weighted by Crippen LogP contribution is -2.13. The number of carbonyl (C=O) groups excluding carboxylic acids is 1. The molecule has 0 saturated carbocycles. The third kappa shape index (κ3) is 4.62. The van der Waals surface area contributed by atoms with Crippen molar-refractivity contribution in [2.24, 2.45) is 0 Å². The van der Waals surface area contributed by atoms with Gasteiger partial charge in [-0.2, -0.15) is 0 Å². The number of anilines is 1. The topological polar surface area (TPSA) is 60.5 Å². The van der Waals surface area contributed by atoms with Crippen LogP contribution in [0.15, 0.2) is 47.8 Å². The molecule has 1 N–H and O–H groups in total. The normalized spacial score (nSPS) is 10.5. The number of thiazole rings is 1. The first-order chi connectivity index (χ1) is 13.1. The van der Waals surface area contributed by atoms with Gasteiger partial charge < -0.3 is 9.47 Å². The van der Waals surface area contributed by atoms with E-state index >= 15 is 0 Å². The Bertz CT molecular complexity index is 925. The van der Waals surface area contributed by atoms with Crippen LogP contribution in [-0.4, -0.2) is 24.6 Å². The van der Waals surface area contributed by atoms with Gasteiger partial charge in [0.1, 0.15) is 17.3 Å². The summed E-state index contributed by atoms with van der Waals surface area (Å²) in [6.45, 7) is 2.73. The molecule has 1 amide bonds. The largest absolute Gasteiger partial charge is 0.497 e. The molecule has 0 radical (unpaired) electrons. The first-order valence-electron chi connectivity index (χ1n) is 8.44. The number of aromatic nitrogens is 1. The van der Waals surface area contributed by atoms with Crippen LogP contribution >= 0.6 is 11.3 Å². The summed E-state index contributed by atoms with van der Waals surface area (Å²) in [7, 11) is 1.44. The van der Waals surface area contributed by atoms with Gasteiger partial charge in [-0.05, 0) is 42.8 Å². The molecule has 0 saturated heterocycles. The second-order valence-electron chi connectivity index (χ2n) is 5.71. The van der Waals surface area contributed by atoms with Gasteiger partial charge in [0.05, 0.1) is 25.0 Å². The lowest BCUT2D eigenvalue weighted by atomic mass is 10.2. The minimum atomic E-state index is -0.647. The molecule has 5 nitrogen and oxygen atoms in total. The van der Waals surface area contributed by atoms with Crippen molar-refractivity contribution in [1.82, 2.24) is 4.98 Å². The summed E-state index contributed by atoms with van der Waals surface area (Å²) in [5, 5.41) is 4.86. The monoisotopic (exact) mass is 386 g/mol. The Morgan fingerprint density at radius 2 is 1.93 bits per heavy atom. The number of halogens is 1. The van der Waals surface area contributed by atoms with E-state index in [9.17, 15) is 9.18 Å². The number of ether oxygens (including phenoxy) is 2. The van der Waals surface area contributed by atoms with Gasteiger partial charge in [-0.15, -0.1) is 11.3 Å². The minimum Gasteiger partial charge on any atom is -0.497 e. The first kappa shape index (κ1) is 18.8. The molecule has 2 aromatic carbocycles.